The van der Waals surface area contributed by atoms with Crippen LogP contribution in [0, 0.1) is 0 Å². The monoisotopic (exact) mass is 413 g/mol. The van der Waals surface area contributed by atoms with Gasteiger partial charge in [-0.3, -0.25) is 19.8 Å². The lowest BCUT2D eigenvalue weighted by atomic mass is 9.86. The van der Waals surface area contributed by atoms with Crippen molar-refractivity contribution in [2.75, 3.05) is 26.2 Å². The van der Waals surface area contributed by atoms with E-state index in [0.29, 0.717) is 24.8 Å². The molecule has 3 aliphatic rings. The summed E-state index contributed by atoms with van der Waals surface area (Å²) in [6.07, 6.45) is 1.75. The third-order valence-corrected chi connectivity index (χ3v) is 6.29. The van der Waals surface area contributed by atoms with Crippen LogP contribution in [0.2, 0.25) is 0 Å². The molecule has 2 atom stereocenters. The van der Waals surface area contributed by atoms with Crippen LogP contribution < -0.4 is 5.32 Å². The van der Waals surface area contributed by atoms with E-state index in [1.165, 1.54) is 5.56 Å². The second-order valence-electron chi connectivity index (χ2n) is 9.69. The maximum Gasteiger partial charge on any atom is 0.410 e. The van der Waals surface area contributed by atoms with Gasteiger partial charge in [0.2, 0.25) is 11.8 Å². The third-order valence-electron chi connectivity index (χ3n) is 6.29. The molecule has 0 aromatic heterocycles. The van der Waals surface area contributed by atoms with Gasteiger partial charge in [0.05, 0.1) is 5.92 Å². The lowest BCUT2D eigenvalue weighted by Gasteiger charge is -2.43. The van der Waals surface area contributed by atoms with Crippen molar-refractivity contribution in [3.63, 3.8) is 0 Å². The van der Waals surface area contributed by atoms with Crippen molar-refractivity contribution in [1.82, 2.24) is 15.1 Å². The molecular weight excluding hydrogens is 382 g/mol. The number of hydrogen-bond donors (Lipinski definition) is 1. The molecule has 2 unspecified atom stereocenters. The van der Waals surface area contributed by atoms with E-state index >= 15 is 0 Å². The molecule has 30 heavy (non-hydrogen) atoms. The topological polar surface area (TPSA) is 79.0 Å². The van der Waals surface area contributed by atoms with Gasteiger partial charge in [0, 0.05) is 44.6 Å². The van der Waals surface area contributed by atoms with Gasteiger partial charge < -0.3 is 9.64 Å². The molecule has 1 aromatic rings. The SMILES string of the molecule is CC(C)(C)OC(=O)N1CCC(N2CC(c3ccc(C4CCC(=O)NC4=O)cc3)C2)C1. The molecule has 7 nitrogen and oxygen atoms in total. The zero-order valence-corrected chi connectivity index (χ0v) is 18.0. The van der Waals surface area contributed by atoms with E-state index < -0.39 is 5.60 Å². The number of piperidine rings is 1. The Morgan fingerprint density at radius 1 is 1.03 bits per heavy atom. The number of benzene rings is 1. The first-order valence-electron chi connectivity index (χ1n) is 10.8. The fourth-order valence-corrected chi connectivity index (χ4v) is 4.57. The highest BCUT2D eigenvalue weighted by Crippen LogP contribution is 2.33. The predicted molar refractivity (Wildman–Crippen MR) is 112 cm³/mol. The summed E-state index contributed by atoms with van der Waals surface area (Å²) < 4.78 is 5.49. The van der Waals surface area contributed by atoms with Crippen LogP contribution in [0.1, 0.15) is 63.0 Å². The van der Waals surface area contributed by atoms with Crippen molar-refractivity contribution in [1.29, 1.82) is 0 Å². The summed E-state index contributed by atoms with van der Waals surface area (Å²) in [6, 6.07) is 8.68. The van der Waals surface area contributed by atoms with Crippen LogP contribution in [0.4, 0.5) is 4.79 Å². The smallest absolute Gasteiger partial charge is 0.410 e. The van der Waals surface area contributed by atoms with Crippen LogP contribution in [-0.4, -0.2) is 65.5 Å². The summed E-state index contributed by atoms with van der Waals surface area (Å²) in [4.78, 5) is 39.9. The van der Waals surface area contributed by atoms with E-state index in [4.69, 9.17) is 4.74 Å². The van der Waals surface area contributed by atoms with E-state index in [0.717, 1.165) is 38.2 Å². The summed E-state index contributed by atoms with van der Waals surface area (Å²) in [5.41, 5.74) is 1.80. The number of imide groups is 1. The lowest BCUT2D eigenvalue weighted by molar-refractivity contribution is -0.134. The first-order chi connectivity index (χ1) is 14.2. The Labute approximate surface area is 177 Å². The van der Waals surface area contributed by atoms with E-state index in [1.807, 2.05) is 37.8 Å². The first kappa shape index (κ1) is 20.8. The Balaban J connectivity index is 1.27. The van der Waals surface area contributed by atoms with Crippen molar-refractivity contribution < 1.29 is 19.1 Å². The summed E-state index contributed by atoms with van der Waals surface area (Å²) in [7, 11) is 0. The van der Waals surface area contributed by atoms with Gasteiger partial charge in [-0.2, -0.15) is 0 Å². The Kier molecular flexibility index (Phi) is 5.57. The number of ether oxygens (including phenoxy) is 1. The Morgan fingerprint density at radius 3 is 2.33 bits per heavy atom. The van der Waals surface area contributed by atoms with Gasteiger partial charge in [0.1, 0.15) is 5.60 Å². The number of rotatable bonds is 3. The highest BCUT2D eigenvalue weighted by molar-refractivity contribution is 6.00. The van der Waals surface area contributed by atoms with Crippen molar-refractivity contribution in [2.24, 2.45) is 0 Å². The van der Waals surface area contributed by atoms with Gasteiger partial charge in [-0.15, -0.1) is 0 Å². The number of carbonyl (C=O) groups is 3. The van der Waals surface area contributed by atoms with Crippen molar-refractivity contribution in [3.05, 3.63) is 35.4 Å². The molecule has 0 saturated carbocycles. The van der Waals surface area contributed by atoms with Gasteiger partial charge in [-0.25, -0.2) is 4.79 Å². The number of nitrogens with zero attached hydrogens (tertiary/aromatic N) is 2. The van der Waals surface area contributed by atoms with Crippen LogP contribution in [0.25, 0.3) is 0 Å². The average Bonchev–Trinajstić information content (AvgIpc) is 3.10. The second-order valence-corrected chi connectivity index (χ2v) is 9.69. The zero-order valence-electron chi connectivity index (χ0n) is 18.0. The molecule has 0 bridgehead atoms. The van der Waals surface area contributed by atoms with Crippen molar-refractivity contribution >= 4 is 17.9 Å². The van der Waals surface area contributed by atoms with Gasteiger partial charge in [-0.1, -0.05) is 24.3 Å². The molecule has 1 aromatic carbocycles. The summed E-state index contributed by atoms with van der Waals surface area (Å²) >= 11 is 0. The Bertz CT molecular complexity index is 824. The van der Waals surface area contributed by atoms with Crippen LogP contribution in [0.15, 0.2) is 24.3 Å². The largest absolute Gasteiger partial charge is 0.444 e. The van der Waals surface area contributed by atoms with E-state index in [-0.39, 0.29) is 23.8 Å². The lowest BCUT2D eigenvalue weighted by Crippen LogP contribution is -2.51. The molecule has 1 N–H and O–H groups in total. The van der Waals surface area contributed by atoms with Gasteiger partial charge in [0.25, 0.3) is 0 Å². The second kappa shape index (κ2) is 8.02. The Morgan fingerprint density at radius 2 is 1.70 bits per heavy atom. The molecule has 162 valence electrons. The molecule has 0 radical (unpaired) electrons. The number of hydrogen-bond acceptors (Lipinski definition) is 5. The maximum atomic E-state index is 12.3. The third kappa shape index (κ3) is 4.51. The van der Waals surface area contributed by atoms with Crippen molar-refractivity contribution in [2.45, 2.75) is 63.5 Å². The molecule has 3 amide bonds. The minimum absolute atomic E-state index is 0.181. The maximum absolute atomic E-state index is 12.3. The quantitative estimate of drug-likeness (QED) is 0.771. The van der Waals surface area contributed by atoms with Gasteiger partial charge in [-0.05, 0) is 44.7 Å². The molecule has 3 heterocycles. The fraction of sp³-hybridized carbons (Fsp3) is 0.609. The van der Waals surface area contributed by atoms with Crippen LogP contribution >= 0.6 is 0 Å². The number of amides is 3. The molecule has 0 spiro atoms. The number of carbonyl (C=O) groups excluding carboxylic acids is 3. The minimum atomic E-state index is -0.461. The van der Waals surface area contributed by atoms with Gasteiger partial charge in [0.15, 0.2) is 0 Å². The average molecular weight is 414 g/mol. The Hall–Kier alpha value is -2.41. The zero-order chi connectivity index (χ0) is 21.5. The molecule has 7 heteroatoms. The highest BCUT2D eigenvalue weighted by Gasteiger charge is 2.39. The van der Waals surface area contributed by atoms with E-state index in [9.17, 15) is 14.4 Å². The minimum Gasteiger partial charge on any atom is -0.444 e. The molecular formula is C23H31N3O4. The predicted octanol–water partition coefficient (Wildman–Crippen LogP) is 2.62. The normalized spacial score (nSPS) is 25.8. The summed E-state index contributed by atoms with van der Waals surface area (Å²) in [6.45, 7) is 9.14. The molecule has 4 rings (SSSR count). The standard InChI is InChI=1S/C23H31N3O4/c1-23(2,3)30-22(29)25-11-10-18(14-25)26-12-17(13-26)15-4-6-16(7-5-15)19-8-9-20(27)24-21(19)28/h4-7,17-19H,8-14H2,1-3H3,(H,24,27,28). The van der Waals surface area contributed by atoms with E-state index in [2.05, 4.69) is 22.3 Å². The molecule has 3 fully saturated rings. The van der Waals surface area contributed by atoms with Gasteiger partial charge >= 0.3 is 6.09 Å². The number of likely N-dealkylation sites (tertiary alicyclic amines) is 2. The van der Waals surface area contributed by atoms with E-state index in [1.54, 1.807) is 0 Å². The first-order valence-corrected chi connectivity index (χ1v) is 10.8. The van der Waals surface area contributed by atoms with Crippen LogP contribution in [0.3, 0.4) is 0 Å². The van der Waals surface area contributed by atoms with Crippen molar-refractivity contribution in [3.8, 4) is 0 Å². The molecule has 3 aliphatic heterocycles. The molecule has 0 aliphatic carbocycles. The number of nitrogens with one attached hydrogen (secondary N) is 1. The van der Waals surface area contributed by atoms with Crippen LogP contribution in [-0.2, 0) is 14.3 Å². The molecule has 3 saturated heterocycles. The summed E-state index contributed by atoms with van der Waals surface area (Å²) in [5, 5.41) is 2.43. The highest BCUT2D eigenvalue weighted by atomic mass is 16.6. The summed E-state index contributed by atoms with van der Waals surface area (Å²) in [5.74, 6) is -0.118. The fourth-order valence-electron chi connectivity index (χ4n) is 4.57. The van der Waals surface area contributed by atoms with Crippen LogP contribution in [0.5, 0.6) is 0 Å².